The third-order valence-electron chi connectivity index (χ3n) is 4.39. The summed E-state index contributed by atoms with van der Waals surface area (Å²) in [6.45, 7) is 6.42. The smallest absolute Gasteiger partial charge is 0.194 e. The van der Waals surface area contributed by atoms with Gasteiger partial charge < -0.3 is 19.7 Å². The molecule has 1 heterocycles. The Hall–Kier alpha value is -1.39. The summed E-state index contributed by atoms with van der Waals surface area (Å²) in [6, 6.07) is 8.21. The fourth-order valence-electron chi connectivity index (χ4n) is 2.77. The number of ether oxygens (including phenoxy) is 2. The molecule has 1 N–H and O–H groups in total. The number of methoxy groups -OCH3 is 2. The molecule has 1 unspecified atom stereocenters. The number of thiazole rings is 1. The fraction of sp³-hybridized carbons (Fsp3) is 0.524. The van der Waals surface area contributed by atoms with Crippen molar-refractivity contribution in [1.82, 2.24) is 15.2 Å². The first kappa shape index (κ1) is 25.6. The van der Waals surface area contributed by atoms with Gasteiger partial charge >= 0.3 is 0 Å². The summed E-state index contributed by atoms with van der Waals surface area (Å²) in [4.78, 5) is 11.6. The topological polar surface area (TPSA) is 59.0 Å². The normalized spacial score (nSPS) is 12.2. The van der Waals surface area contributed by atoms with Crippen molar-refractivity contribution in [3.8, 4) is 5.75 Å². The lowest BCUT2D eigenvalue weighted by Gasteiger charge is -2.21. The summed E-state index contributed by atoms with van der Waals surface area (Å²) in [7, 11) is 5.45. The molecule has 0 amide bonds. The van der Waals surface area contributed by atoms with Gasteiger partial charge in [-0.3, -0.25) is 4.99 Å². The van der Waals surface area contributed by atoms with E-state index in [1.54, 1.807) is 25.6 Å². The second-order valence-corrected chi connectivity index (χ2v) is 7.49. The summed E-state index contributed by atoms with van der Waals surface area (Å²) in [6.07, 6.45) is 2.00. The number of nitrogens with one attached hydrogen (secondary N) is 1. The van der Waals surface area contributed by atoms with Crippen LogP contribution >= 0.6 is 35.3 Å². The van der Waals surface area contributed by atoms with Gasteiger partial charge in [-0.2, -0.15) is 0 Å². The molecule has 1 aromatic heterocycles. The van der Waals surface area contributed by atoms with Gasteiger partial charge in [0.2, 0.25) is 0 Å². The Morgan fingerprint density at radius 3 is 2.83 bits per heavy atom. The maximum atomic E-state index is 5.35. The first-order valence-electron chi connectivity index (χ1n) is 9.66. The summed E-state index contributed by atoms with van der Waals surface area (Å²) in [5.74, 6) is 1.81. The van der Waals surface area contributed by atoms with Crippen molar-refractivity contribution in [2.75, 3.05) is 34.4 Å². The van der Waals surface area contributed by atoms with Crippen LogP contribution in [0.1, 0.15) is 42.6 Å². The molecule has 1 aromatic carbocycles. The number of hydrogen-bond donors (Lipinski definition) is 1. The molecule has 0 saturated heterocycles. The predicted molar refractivity (Wildman–Crippen MR) is 132 cm³/mol. The van der Waals surface area contributed by atoms with Crippen LogP contribution in [-0.4, -0.2) is 50.2 Å². The second-order valence-electron chi connectivity index (χ2n) is 6.60. The molecular weight excluding hydrogens is 499 g/mol. The zero-order valence-corrected chi connectivity index (χ0v) is 21.1. The minimum Gasteiger partial charge on any atom is -0.497 e. The second kappa shape index (κ2) is 13.8. The number of nitrogens with zero attached hydrogens (tertiary/aromatic N) is 3. The van der Waals surface area contributed by atoms with Gasteiger partial charge in [0.05, 0.1) is 19.3 Å². The number of aliphatic imine (C=N–C) groups is 1. The van der Waals surface area contributed by atoms with Gasteiger partial charge in [0.25, 0.3) is 0 Å². The Kier molecular flexibility index (Phi) is 12.2. The SMILES string of the molecule is CCNC(=NCCCc1cccc(OC)c1)N(C)Cc1csc(C(C)OC)n1.I. The lowest BCUT2D eigenvalue weighted by atomic mass is 10.1. The molecule has 0 aliphatic heterocycles. The molecule has 0 spiro atoms. The molecular formula is C21H33IN4O2S. The van der Waals surface area contributed by atoms with E-state index in [-0.39, 0.29) is 30.1 Å². The number of hydrogen-bond acceptors (Lipinski definition) is 5. The zero-order valence-electron chi connectivity index (χ0n) is 18.0. The van der Waals surface area contributed by atoms with E-state index in [1.807, 2.05) is 26.1 Å². The van der Waals surface area contributed by atoms with Gasteiger partial charge in [-0.15, -0.1) is 35.3 Å². The third-order valence-corrected chi connectivity index (χ3v) is 5.44. The number of halogens is 1. The van der Waals surface area contributed by atoms with Crippen molar-refractivity contribution in [3.63, 3.8) is 0 Å². The largest absolute Gasteiger partial charge is 0.497 e. The van der Waals surface area contributed by atoms with Crippen LogP contribution in [0.25, 0.3) is 0 Å². The van der Waals surface area contributed by atoms with Gasteiger partial charge in [0.15, 0.2) is 5.96 Å². The van der Waals surface area contributed by atoms with Crippen LogP contribution in [0.3, 0.4) is 0 Å². The molecule has 0 radical (unpaired) electrons. The summed E-state index contributed by atoms with van der Waals surface area (Å²) < 4.78 is 10.6. The monoisotopic (exact) mass is 532 g/mol. The molecule has 0 fully saturated rings. The quantitative estimate of drug-likeness (QED) is 0.211. The highest BCUT2D eigenvalue weighted by atomic mass is 127. The van der Waals surface area contributed by atoms with Crippen LogP contribution in [0, 0.1) is 0 Å². The van der Waals surface area contributed by atoms with E-state index in [4.69, 9.17) is 14.5 Å². The molecule has 2 rings (SSSR count). The average molecular weight is 532 g/mol. The van der Waals surface area contributed by atoms with E-state index in [2.05, 4.69) is 39.6 Å². The molecule has 0 aliphatic carbocycles. The van der Waals surface area contributed by atoms with Crippen molar-refractivity contribution >= 4 is 41.3 Å². The molecule has 0 saturated carbocycles. The third kappa shape index (κ3) is 8.47. The first-order chi connectivity index (χ1) is 13.6. The van der Waals surface area contributed by atoms with E-state index in [0.29, 0.717) is 6.54 Å². The van der Waals surface area contributed by atoms with E-state index in [1.165, 1.54) is 5.56 Å². The van der Waals surface area contributed by atoms with Gasteiger partial charge in [-0.1, -0.05) is 12.1 Å². The highest BCUT2D eigenvalue weighted by Gasteiger charge is 2.12. The van der Waals surface area contributed by atoms with Crippen molar-refractivity contribution in [1.29, 1.82) is 0 Å². The van der Waals surface area contributed by atoms with Crippen LogP contribution in [0.15, 0.2) is 34.6 Å². The average Bonchev–Trinajstić information content (AvgIpc) is 3.18. The van der Waals surface area contributed by atoms with Gasteiger partial charge in [-0.25, -0.2) is 4.98 Å². The van der Waals surface area contributed by atoms with Crippen LogP contribution < -0.4 is 10.1 Å². The number of aryl methyl sites for hydroxylation is 1. The number of rotatable bonds is 10. The Morgan fingerprint density at radius 1 is 1.34 bits per heavy atom. The molecule has 162 valence electrons. The lowest BCUT2D eigenvalue weighted by Crippen LogP contribution is -2.38. The molecule has 0 aliphatic rings. The Bertz CT molecular complexity index is 754. The Morgan fingerprint density at radius 2 is 2.14 bits per heavy atom. The van der Waals surface area contributed by atoms with Crippen molar-refractivity contribution in [3.05, 3.63) is 45.9 Å². The highest BCUT2D eigenvalue weighted by Crippen LogP contribution is 2.21. The molecule has 8 heteroatoms. The number of aromatic nitrogens is 1. The Labute approximate surface area is 195 Å². The molecule has 6 nitrogen and oxygen atoms in total. The molecule has 1 atom stereocenters. The molecule has 0 bridgehead atoms. The Balaban J connectivity index is 0.00000420. The van der Waals surface area contributed by atoms with Crippen LogP contribution in [-0.2, 0) is 17.7 Å². The maximum absolute atomic E-state index is 5.35. The minimum atomic E-state index is 0. The highest BCUT2D eigenvalue weighted by molar-refractivity contribution is 14.0. The molecule has 2 aromatic rings. The van der Waals surface area contributed by atoms with Crippen LogP contribution in [0.4, 0.5) is 0 Å². The minimum absolute atomic E-state index is 0. The van der Waals surface area contributed by atoms with Crippen LogP contribution in [0.5, 0.6) is 5.75 Å². The van der Waals surface area contributed by atoms with E-state index in [9.17, 15) is 0 Å². The van der Waals surface area contributed by atoms with E-state index >= 15 is 0 Å². The lowest BCUT2D eigenvalue weighted by molar-refractivity contribution is 0.119. The standard InChI is InChI=1S/C21H32N4O2S.HI/c1-6-22-21(23-12-8-10-17-9-7-11-19(13-17)27-5)25(3)14-18-15-28-20(24-18)16(2)26-4;/h7,9,11,13,15-16H,6,8,10,12,14H2,1-5H3,(H,22,23);1H. The van der Waals surface area contributed by atoms with Crippen molar-refractivity contribution < 1.29 is 9.47 Å². The number of guanidine groups is 1. The van der Waals surface area contributed by atoms with Gasteiger partial charge in [0.1, 0.15) is 16.9 Å². The molecule has 29 heavy (non-hydrogen) atoms. The summed E-state index contributed by atoms with van der Waals surface area (Å²) in [5.41, 5.74) is 2.31. The fourth-order valence-corrected chi connectivity index (χ4v) is 3.61. The summed E-state index contributed by atoms with van der Waals surface area (Å²) >= 11 is 1.64. The first-order valence-corrected chi connectivity index (χ1v) is 10.5. The van der Waals surface area contributed by atoms with Gasteiger partial charge in [-0.05, 0) is 44.4 Å². The van der Waals surface area contributed by atoms with Crippen molar-refractivity contribution in [2.24, 2.45) is 4.99 Å². The number of benzene rings is 1. The maximum Gasteiger partial charge on any atom is 0.194 e. The van der Waals surface area contributed by atoms with Crippen LogP contribution in [0.2, 0.25) is 0 Å². The van der Waals surface area contributed by atoms with E-state index in [0.717, 1.165) is 48.3 Å². The van der Waals surface area contributed by atoms with Crippen molar-refractivity contribution in [2.45, 2.75) is 39.3 Å². The summed E-state index contributed by atoms with van der Waals surface area (Å²) in [5, 5.41) is 6.46. The van der Waals surface area contributed by atoms with Gasteiger partial charge in [0, 0.05) is 32.6 Å². The van der Waals surface area contributed by atoms with E-state index < -0.39 is 0 Å². The zero-order chi connectivity index (χ0) is 20.4. The predicted octanol–water partition coefficient (Wildman–Crippen LogP) is 4.51.